The molecule has 5 bridgehead atoms. The van der Waals surface area contributed by atoms with Crippen molar-refractivity contribution in [3.8, 4) is 0 Å². The fourth-order valence-electron chi connectivity index (χ4n) is 12.1. The minimum atomic E-state index is -1.86. The number of fused-ring (bicyclic) bond motifs is 4. The van der Waals surface area contributed by atoms with Gasteiger partial charge in [-0.3, -0.25) is 19.2 Å². The van der Waals surface area contributed by atoms with Crippen molar-refractivity contribution >= 4 is 23.7 Å². The van der Waals surface area contributed by atoms with Gasteiger partial charge in [0.15, 0.2) is 17.5 Å². The van der Waals surface area contributed by atoms with E-state index in [4.69, 9.17) is 32.8 Å². The number of hydrogen-bond acceptors (Lipinski definition) is 12. The number of Topliss-reactive ketones (excluding diaryl/α,β-unsaturated/α-hetero) is 1. The van der Waals surface area contributed by atoms with Crippen molar-refractivity contribution in [3.63, 3.8) is 0 Å². The summed E-state index contributed by atoms with van der Waals surface area (Å²) in [5.74, 6) is -5.55. The number of carbonyl (C=O) groups excluding carboxylic acids is 4. The number of carbonyl (C=O) groups is 4. The Balaban J connectivity index is 1.47. The highest BCUT2D eigenvalue weighted by Gasteiger charge is 2.98. The molecule has 12 unspecified atom stereocenters. The standard InChI is InChI=1S/C34H42O12/c1-17(2)24(38)43-32-16-31-15-28(4,25(32)39)19(12-21(35)40-7)29(31,5)33-10-9-27(3,23(37)18-8-11-41-14-18)20-13-22(36)42-26(32)34(20,33)46-30(6,44-31)45-33/h8,11,14,17,19-20,25-26,39H,9-10,12-13,15-16H2,1-7H3. The van der Waals surface area contributed by atoms with Crippen LogP contribution in [0.5, 0.6) is 0 Å². The second kappa shape index (κ2) is 8.61. The quantitative estimate of drug-likeness (QED) is 0.274. The number of aliphatic hydroxyl groups excluding tert-OH is 1. The summed E-state index contributed by atoms with van der Waals surface area (Å²) in [6.45, 7) is 10.8. The van der Waals surface area contributed by atoms with E-state index in [2.05, 4.69) is 0 Å². The predicted octanol–water partition coefficient (Wildman–Crippen LogP) is 3.47. The van der Waals surface area contributed by atoms with E-state index < -0.39 is 92.5 Å². The first kappa shape index (κ1) is 30.5. The number of methoxy groups -OCH3 is 1. The molecule has 7 fully saturated rings. The van der Waals surface area contributed by atoms with Crippen LogP contribution in [0.2, 0.25) is 0 Å². The molecule has 3 spiro atoms. The average Bonchev–Trinajstić information content (AvgIpc) is 3.64. The lowest BCUT2D eigenvalue weighted by molar-refractivity contribution is -0.448. The molecule has 12 heteroatoms. The van der Waals surface area contributed by atoms with Gasteiger partial charge < -0.3 is 37.9 Å². The van der Waals surface area contributed by atoms with Crippen LogP contribution in [0.25, 0.3) is 0 Å². The van der Waals surface area contributed by atoms with Crippen molar-refractivity contribution < 1.29 is 57.1 Å². The van der Waals surface area contributed by atoms with Crippen LogP contribution in [0.15, 0.2) is 23.0 Å². The van der Waals surface area contributed by atoms with Gasteiger partial charge >= 0.3 is 17.9 Å². The molecular formula is C34H42O12. The molecule has 0 amide bonds. The first-order chi connectivity index (χ1) is 21.4. The molecule has 1 aromatic heterocycles. The maximum absolute atomic E-state index is 14.5. The van der Waals surface area contributed by atoms with Crippen LogP contribution in [0.1, 0.15) is 90.4 Å². The van der Waals surface area contributed by atoms with E-state index in [9.17, 15) is 24.3 Å². The molecule has 3 saturated heterocycles. The lowest BCUT2D eigenvalue weighted by Gasteiger charge is -2.68. The third kappa shape index (κ3) is 2.99. The van der Waals surface area contributed by atoms with Crippen molar-refractivity contribution in [2.75, 3.05) is 7.11 Å². The molecular weight excluding hydrogens is 600 g/mol. The molecule has 8 rings (SSSR count). The van der Waals surface area contributed by atoms with E-state index in [1.54, 1.807) is 26.8 Å². The van der Waals surface area contributed by atoms with E-state index in [0.717, 1.165) is 0 Å². The third-order valence-electron chi connectivity index (χ3n) is 13.7. The van der Waals surface area contributed by atoms with Crippen LogP contribution in [0.4, 0.5) is 0 Å². The van der Waals surface area contributed by atoms with Crippen LogP contribution in [0.3, 0.4) is 0 Å². The normalized spacial score (nSPS) is 52.2. The van der Waals surface area contributed by atoms with Gasteiger partial charge in [-0.25, -0.2) is 0 Å². The third-order valence-corrected chi connectivity index (χ3v) is 13.7. The van der Waals surface area contributed by atoms with E-state index in [0.29, 0.717) is 18.4 Å². The topological polar surface area (TPSA) is 157 Å². The molecule has 4 aliphatic carbocycles. The monoisotopic (exact) mass is 642 g/mol. The Morgan fingerprint density at radius 2 is 1.80 bits per heavy atom. The zero-order chi connectivity index (χ0) is 33.1. The number of rotatable bonds is 6. The molecule has 7 aliphatic rings. The molecule has 12 atom stereocenters. The molecule has 1 aromatic rings. The number of ether oxygens (including phenoxy) is 6. The smallest absolute Gasteiger partial charge is 0.309 e. The number of esters is 3. The molecule has 3 aliphatic heterocycles. The van der Waals surface area contributed by atoms with E-state index in [-0.39, 0.29) is 31.5 Å². The molecule has 0 radical (unpaired) electrons. The molecule has 12 nitrogen and oxygen atoms in total. The maximum Gasteiger partial charge on any atom is 0.309 e. The second-order valence-corrected chi connectivity index (χ2v) is 16.0. The zero-order valence-corrected chi connectivity index (χ0v) is 27.3. The summed E-state index contributed by atoms with van der Waals surface area (Å²) in [6, 6.07) is 1.60. The summed E-state index contributed by atoms with van der Waals surface area (Å²) in [4.78, 5) is 55.3. The summed E-state index contributed by atoms with van der Waals surface area (Å²) in [5, 5.41) is 12.8. The van der Waals surface area contributed by atoms with Crippen molar-refractivity contribution in [3.05, 3.63) is 24.2 Å². The summed E-state index contributed by atoms with van der Waals surface area (Å²) < 4.78 is 44.6. The molecule has 46 heavy (non-hydrogen) atoms. The van der Waals surface area contributed by atoms with Crippen LogP contribution >= 0.6 is 0 Å². The Labute approximate surface area is 266 Å². The highest BCUT2D eigenvalue weighted by Crippen LogP contribution is 2.86. The van der Waals surface area contributed by atoms with Gasteiger partial charge in [0.25, 0.3) is 5.97 Å². The number of hydrogen-bond donors (Lipinski definition) is 1. The van der Waals surface area contributed by atoms with Gasteiger partial charge in [-0.15, -0.1) is 0 Å². The van der Waals surface area contributed by atoms with Crippen molar-refractivity contribution in [1.82, 2.24) is 0 Å². The summed E-state index contributed by atoms with van der Waals surface area (Å²) >= 11 is 0. The van der Waals surface area contributed by atoms with Crippen molar-refractivity contribution in [1.29, 1.82) is 0 Å². The Bertz CT molecular complexity index is 1570. The van der Waals surface area contributed by atoms with Gasteiger partial charge in [0.2, 0.25) is 0 Å². The van der Waals surface area contributed by atoms with Gasteiger partial charge in [-0.2, -0.15) is 0 Å². The lowest BCUT2D eigenvalue weighted by atomic mass is 9.41. The minimum absolute atomic E-state index is 0.0216. The maximum atomic E-state index is 14.5. The van der Waals surface area contributed by atoms with E-state index >= 15 is 0 Å². The summed E-state index contributed by atoms with van der Waals surface area (Å²) in [6.07, 6.45) is 0.670. The molecule has 1 N–H and O–H groups in total. The van der Waals surface area contributed by atoms with Crippen molar-refractivity contribution in [2.24, 2.45) is 34.0 Å². The number of ketones is 1. The average molecular weight is 643 g/mol. The molecule has 250 valence electrons. The summed E-state index contributed by atoms with van der Waals surface area (Å²) in [5.41, 5.74) is -8.91. The fourth-order valence-corrected chi connectivity index (χ4v) is 12.1. The SMILES string of the molecule is COC(=O)CC1C2(C)CC34CC(OC(=O)C(C)C)(C2O)C2OC(=O)CC5C(C)(C(=O)c6ccoc6)CCC6(OC(C)(O3)OC526)C14C. The Kier molecular flexibility index (Phi) is 5.72. The van der Waals surface area contributed by atoms with Crippen LogP contribution < -0.4 is 0 Å². The lowest BCUT2D eigenvalue weighted by Crippen LogP contribution is -2.82. The molecule has 4 heterocycles. The first-order valence-corrected chi connectivity index (χ1v) is 16.3. The second-order valence-electron chi connectivity index (χ2n) is 16.0. The number of furan rings is 1. The van der Waals surface area contributed by atoms with Crippen LogP contribution in [0, 0.1) is 34.0 Å². The van der Waals surface area contributed by atoms with Crippen LogP contribution in [-0.2, 0) is 42.8 Å². The van der Waals surface area contributed by atoms with Gasteiger partial charge in [0.1, 0.15) is 23.6 Å². The van der Waals surface area contributed by atoms with Gasteiger partial charge in [0.05, 0.1) is 36.9 Å². The Morgan fingerprint density at radius 3 is 2.46 bits per heavy atom. The van der Waals surface area contributed by atoms with Crippen molar-refractivity contribution in [2.45, 2.75) is 121 Å². The van der Waals surface area contributed by atoms with E-state index in [1.165, 1.54) is 19.6 Å². The highest BCUT2D eigenvalue weighted by molar-refractivity contribution is 6.01. The first-order valence-electron chi connectivity index (χ1n) is 16.3. The molecule has 0 aromatic carbocycles. The highest BCUT2D eigenvalue weighted by atomic mass is 16.9. The predicted molar refractivity (Wildman–Crippen MR) is 153 cm³/mol. The zero-order valence-electron chi connectivity index (χ0n) is 27.3. The minimum Gasteiger partial charge on any atom is -0.472 e. The Morgan fingerprint density at radius 1 is 1.07 bits per heavy atom. The van der Waals surface area contributed by atoms with Gasteiger partial charge in [-0.1, -0.05) is 34.6 Å². The fraction of sp³-hybridized carbons (Fsp3) is 0.765. The van der Waals surface area contributed by atoms with Crippen LogP contribution in [-0.4, -0.2) is 76.5 Å². The van der Waals surface area contributed by atoms with E-state index in [1.807, 2.05) is 20.8 Å². The summed E-state index contributed by atoms with van der Waals surface area (Å²) in [7, 11) is 1.32. The van der Waals surface area contributed by atoms with Gasteiger partial charge in [-0.05, 0) is 31.2 Å². The largest absolute Gasteiger partial charge is 0.472 e. The Hall–Kier alpha value is -2.80. The number of aliphatic hydroxyl groups is 1. The molecule has 4 saturated carbocycles. The van der Waals surface area contributed by atoms with Gasteiger partial charge in [0, 0.05) is 41.9 Å².